The van der Waals surface area contributed by atoms with E-state index in [-0.39, 0.29) is 5.52 Å². The van der Waals surface area contributed by atoms with E-state index in [0.29, 0.717) is 17.0 Å². The number of aryl methyl sites for hydroxylation is 1. The summed E-state index contributed by atoms with van der Waals surface area (Å²) in [5.41, 5.74) is 2.53. The molecule has 6 heteroatoms. The van der Waals surface area contributed by atoms with Gasteiger partial charge in [0.05, 0.1) is 6.54 Å². The van der Waals surface area contributed by atoms with E-state index in [9.17, 15) is 8.78 Å². The second-order valence-corrected chi connectivity index (χ2v) is 6.87. The minimum Gasteiger partial charge on any atom is -0.322 e. The standard InChI is InChI=1S/C22H16ClF2N3/c1-14-4-2-7-20(27-14)28(17-6-3-5-16(23)12-17)13-15-10-11-26-22-18(15)8-9-19(24)21(22)25/h2-12H,13H2,1H3. The third-order valence-electron chi connectivity index (χ3n) is 4.49. The van der Waals surface area contributed by atoms with Crippen LogP contribution in [0.15, 0.2) is 66.9 Å². The fourth-order valence-corrected chi connectivity index (χ4v) is 3.34. The minimum atomic E-state index is -0.942. The van der Waals surface area contributed by atoms with E-state index in [1.165, 1.54) is 6.20 Å². The van der Waals surface area contributed by atoms with Crippen LogP contribution in [-0.2, 0) is 6.54 Å². The Morgan fingerprint density at radius 3 is 2.61 bits per heavy atom. The van der Waals surface area contributed by atoms with Crippen molar-refractivity contribution >= 4 is 34.0 Å². The van der Waals surface area contributed by atoms with Crippen LogP contribution in [-0.4, -0.2) is 9.97 Å². The number of benzene rings is 2. The summed E-state index contributed by atoms with van der Waals surface area (Å²) in [6.07, 6.45) is 1.49. The van der Waals surface area contributed by atoms with Crippen molar-refractivity contribution < 1.29 is 8.78 Å². The Morgan fingerprint density at radius 1 is 1.00 bits per heavy atom. The van der Waals surface area contributed by atoms with E-state index in [2.05, 4.69) is 9.97 Å². The van der Waals surface area contributed by atoms with Gasteiger partial charge in [-0.3, -0.25) is 4.98 Å². The molecular formula is C22H16ClF2N3. The summed E-state index contributed by atoms with van der Waals surface area (Å²) in [5.74, 6) is -1.12. The van der Waals surface area contributed by atoms with Gasteiger partial charge in [-0.15, -0.1) is 0 Å². The fourth-order valence-electron chi connectivity index (χ4n) is 3.15. The number of rotatable bonds is 4. The molecule has 3 nitrogen and oxygen atoms in total. The van der Waals surface area contributed by atoms with Crippen LogP contribution in [0.4, 0.5) is 20.3 Å². The lowest BCUT2D eigenvalue weighted by Gasteiger charge is -2.25. The van der Waals surface area contributed by atoms with Crippen LogP contribution in [0.2, 0.25) is 5.02 Å². The van der Waals surface area contributed by atoms with Crippen molar-refractivity contribution in [3.8, 4) is 0 Å². The van der Waals surface area contributed by atoms with Gasteiger partial charge in [-0.25, -0.2) is 13.8 Å². The Bertz CT molecular complexity index is 1120. The third-order valence-corrected chi connectivity index (χ3v) is 4.73. The number of nitrogens with zero attached hydrogens (tertiary/aromatic N) is 3. The first-order valence-corrected chi connectivity index (χ1v) is 9.09. The number of hydrogen-bond donors (Lipinski definition) is 0. The Morgan fingerprint density at radius 2 is 1.82 bits per heavy atom. The lowest BCUT2D eigenvalue weighted by molar-refractivity contribution is 0.515. The maximum Gasteiger partial charge on any atom is 0.184 e. The van der Waals surface area contributed by atoms with Crippen molar-refractivity contribution in [3.63, 3.8) is 0 Å². The van der Waals surface area contributed by atoms with Gasteiger partial charge in [0.25, 0.3) is 0 Å². The van der Waals surface area contributed by atoms with Crippen LogP contribution in [0, 0.1) is 18.6 Å². The van der Waals surface area contributed by atoms with Gasteiger partial charge in [-0.2, -0.15) is 0 Å². The fraction of sp³-hybridized carbons (Fsp3) is 0.0909. The lowest BCUT2D eigenvalue weighted by Crippen LogP contribution is -2.18. The number of aromatic nitrogens is 2. The van der Waals surface area contributed by atoms with Crippen molar-refractivity contribution in [2.24, 2.45) is 0 Å². The first-order chi connectivity index (χ1) is 13.5. The molecule has 0 aliphatic heterocycles. The molecule has 0 unspecified atom stereocenters. The van der Waals surface area contributed by atoms with Crippen LogP contribution in [0.1, 0.15) is 11.3 Å². The topological polar surface area (TPSA) is 29.0 Å². The van der Waals surface area contributed by atoms with Crippen molar-refractivity contribution in [1.82, 2.24) is 9.97 Å². The third kappa shape index (κ3) is 3.53. The molecule has 2 aromatic heterocycles. The van der Waals surface area contributed by atoms with Gasteiger partial charge in [-0.1, -0.05) is 23.7 Å². The van der Waals surface area contributed by atoms with Crippen LogP contribution in [0.5, 0.6) is 0 Å². The van der Waals surface area contributed by atoms with E-state index >= 15 is 0 Å². The normalized spacial score (nSPS) is 11.0. The number of hydrogen-bond acceptors (Lipinski definition) is 3. The molecule has 4 aromatic rings. The predicted molar refractivity (Wildman–Crippen MR) is 108 cm³/mol. The monoisotopic (exact) mass is 395 g/mol. The van der Waals surface area contributed by atoms with Gasteiger partial charge in [-0.05, 0) is 61.0 Å². The molecule has 0 saturated heterocycles. The van der Waals surface area contributed by atoms with E-state index in [0.717, 1.165) is 28.8 Å². The molecule has 0 amide bonds. The van der Waals surface area contributed by atoms with E-state index in [1.807, 2.05) is 48.2 Å². The molecule has 0 spiro atoms. The van der Waals surface area contributed by atoms with Crippen molar-refractivity contribution in [3.05, 3.63) is 94.8 Å². The van der Waals surface area contributed by atoms with Gasteiger partial charge in [0, 0.05) is 28.0 Å². The molecule has 0 aliphatic carbocycles. The highest BCUT2D eigenvalue weighted by Crippen LogP contribution is 2.30. The Kier molecular flexibility index (Phi) is 4.92. The van der Waals surface area contributed by atoms with Gasteiger partial charge >= 0.3 is 0 Å². The van der Waals surface area contributed by atoms with Crippen LogP contribution in [0.25, 0.3) is 10.9 Å². The average molecular weight is 396 g/mol. The summed E-state index contributed by atoms with van der Waals surface area (Å²) in [4.78, 5) is 10.6. The summed E-state index contributed by atoms with van der Waals surface area (Å²) in [5, 5.41) is 1.16. The number of halogens is 3. The molecule has 28 heavy (non-hydrogen) atoms. The molecule has 4 rings (SSSR count). The average Bonchev–Trinajstić information content (AvgIpc) is 2.69. The molecular weight excluding hydrogens is 380 g/mol. The summed E-state index contributed by atoms with van der Waals surface area (Å²) < 4.78 is 27.8. The molecule has 2 heterocycles. The second kappa shape index (κ2) is 7.52. The predicted octanol–water partition coefficient (Wildman–Crippen LogP) is 6.21. The number of fused-ring (bicyclic) bond motifs is 1. The number of pyridine rings is 2. The van der Waals surface area contributed by atoms with Gasteiger partial charge in [0.2, 0.25) is 0 Å². The highest BCUT2D eigenvalue weighted by atomic mass is 35.5. The lowest BCUT2D eigenvalue weighted by atomic mass is 10.1. The van der Waals surface area contributed by atoms with Gasteiger partial charge in [0.15, 0.2) is 11.6 Å². The molecule has 0 saturated carbocycles. The zero-order valence-electron chi connectivity index (χ0n) is 15.0. The summed E-state index contributed by atoms with van der Waals surface area (Å²) >= 11 is 6.20. The van der Waals surface area contributed by atoms with E-state index < -0.39 is 11.6 Å². The molecule has 0 radical (unpaired) electrons. The number of anilines is 2. The SMILES string of the molecule is Cc1cccc(N(Cc2ccnc3c(F)c(F)ccc23)c2cccc(Cl)c2)n1. The van der Waals surface area contributed by atoms with Crippen LogP contribution < -0.4 is 4.90 Å². The first kappa shape index (κ1) is 18.3. The Labute approximate surface area is 166 Å². The quantitative estimate of drug-likeness (QED) is 0.411. The van der Waals surface area contributed by atoms with Gasteiger partial charge < -0.3 is 4.90 Å². The minimum absolute atomic E-state index is 0.0146. The highest BCUT2D eigenvalue weighted by molar-refractivity contribution is 6.30. The van der Waals surface area contributed by atoms with E-state index in [1.54, 1.807) is 18.2 Å². The largest absolute Gasteiger partial charge is 0.322 e. The molecule has 140 valence electrons. The molecule has 2 aromatic carbocycles. The molecule has 0 aliphatic rings. The van der Waals surface area contributed by atoms with Crippen molar-refractivity contribution in [2.75, 3.05) is 4.90 Å². The summed E-state index contributed by atoms with van der Waals surface area (Å²) in [6.45, 7) is 2.31. The Balaban J connectivity index is 1.85. The molecule has 0 fully saturated rings. The van der Waals surface area contributed by atoms with E-state index in [4.69, 9.17) is 11.6 Å². The Hall–Kier alpha value is -3.05. The maximum atomic E-state index is 14.2. The maximum absolute atomic E-state index is 14.2. The van der Waals surface area contributed by atoms with Crippen LogP contribution in [0.3, 0.4) is 0 Å². The molecule has 0 atom stereocenters. The smallest absolute Gasteiger partial charge is 0.184 e. The summed E-state index contributed by atoms with van der Waals surface area (Å²) in [7, 11) is 0. The van der Waals surface area contributed by atoms with Crippen molar-refractivity contribution in [1.29, 1.82) is 0 Å². The second-order valence-electron chi connectivity index (χ2n) is 6.43. The highest BCUT2D eigenvalue weighted by Gasteiger charge is 2.16. The zero-order valence-corrected chi connectivity index (χ0v) is 15.8. The van der Waals surface area contributed by atoms with Crippen molar-refractivity contribution in [2.45, 2.75) is 13.5 Å². The molecule has 0 bridgehead atoms. The van der Waals surface area contributed by atoms with Gasteiger partial charge in [0.1, 0.15) is 11.3 Å². The summed E-state index contributed by atoms with van der Waals surface area (Å²) in [6, 6.07) is 17.6. The van der Waals surface area contributed by atoms with Crippen LogP contribution >= 0.6 is 11.6 Å². The molecule has 0 N–H and O–H groups in total. The first-order valence-electron chi connectivity index (χ1n) is 8.71. The zero-order chi connectivity index (χ0) is 19.7.